The van der Waals surface area contributed by atoms with Crippen LogP contribution in [0.2, 0.25) is 5.02 Å². The lowest BCUT2D eigenvalue weighted by molar-refractivity contribution is -0.129. The Balaban J connectivity index is 2.73. The van der Waals surface area contributed by atoms with Crippen LogP contribution >= 0.6 is 11.6 Å². The highest BCUT2D eigenvalue weighted by molar-refractivity contribution is 6.30. The Morgan fingerprint density at radius 1 is 1.26 bits per heavy atom. The zero-order valence-corrected chi connectivity index (χ0v) is 13.3. The van der Waals surface area contributed by atoms with Crippen molar-refractivity contribution in [3.8, 4) is 0 Å². The number of hydrogen-bond acceptors (Lipinski definition) is 1. The Bertz CT molecular complexity index is 452. The van der Waals surface area contributed by atoms with Gasteiger partial charge in [0.1, 0.15) is 0 Å². The number of carbonyl (C=O) groups is 1. The maximum atomic E-state index is 12.1. The fourth-order valence-electron chi connectivity index (χ4n) is 1.71. The summed E-state index contributed by atoms with van der Waals surface area (Å²) in [5.74, 6) is 0.102. The van der Waals surface area contributed by atoms with Crippen LogP contribution in [0.5, 0.6) is 0 Å². The van der Waals surface area contributed by atoms with Crippen molar-refractivity contribution in [3.05, 3.63) is 34.9 Å². The minimum atomic E-state index is -0.315. The van der Waals surface area contributed by atoms with Crippen LogP contribution in [-0.2, 0) is 10.2 Å². The molecule has 0 fully saturated rings. The highest BCUT2D eigenvalue weighted by Gasteiger charge is 2.28. The van der Waals surface area contributed by atoms with E-state index < -0.39 is 0 Å². The van der Waals surface area contributed by atoms with Crippen molar-refractivity contribution in [2.24, 2.45) is 5.41 Å². The second-order valence-corrected chi connectivity index (χ2v) is 6.75. The molecule has 0 atom stereocenters. The van der Waals surface area contributed by atoms with Gasteiger partial charge in [-0.25, -0.2) is 0 Å². The second kappa shape index (κ2) is 5.96. The molecule has 0 bridgehead atoms. The van der Waals surface area contributed by atoms with Gasteiger partial charge in [0.05, 0.1) is 0 Å². The predicted octanol–water partition coefficient (Wildman–Crippen LogP) is 4.17. The lowest BCUT2D eigenvalue weighted by atomic mass is 9.83. The van der Waals surface area contributed by atoms with Gasteiger partial charge >= 0.3 is 0 Å². The van der Waals surface area contributed by atoms with Gasteiger partial charge in [0.2, 0.25) is 5.91 Å². The van der Waals surface area contributed by atoms with Crippen molar-refractivity contribution < 1.29 is 4.79 Å². The van der Waals surface area contributed by atoms with Crippen molar-refractivity contribution >= 4 is 17.5 Å². The van der Waals surface area contributed by atoms with E-state index in [9.17, 15) is 4.79 Å². The molecule has 0 heterocycles. The summed E-state index contributed by atoms with van der Waals surface area (Å²) in [5, 5.41) is 3.78. The fraction of sp³-hybridized carbons (Fsp3) is 0.562. The molecule has 1 amide bonds. The summed E-state index contributed by atoms with van der Waals surface area (Å²) in [7, 11) is 0. The second-order valence-electron chi connectivity index (χ2n) is 6.31. The predicted molar refractivity (Wildman–Crippen MR) is 81.6 cm³/mol. The zero-order chi connectivity index (χ0) is 14.7. The minimum absolute atomic E-state index is 0.102. The lowest BCUT2D eigenvalue weighted by Crippen LogP contribution is -2.42. The van der Waals surface area contributed by atoms with Gasteiger partial charge in [-0.3, -0.25) is 4.79 Å². The Morgan fingerprint density at radius 3 is 2.42 bits per heavy atom. The fourth-order valence-corrected chi connectivity index (χ4v) is 1.90. The summed E-state index contributed by atoms with van der Waals surface area (Å²) >= 11 is 6.02. The van der Waals surface area contributed by atoms with Crippen molar-refractivity contribution in [3.63, 3.8) is 0 Å². The lowest BCUT2D eigenvalue weighted by Gasteiger charge is -2.29. The smallest absolute Gasteiger partial charge is 0.225 e. The quantitative estimate of drug-likeness (QED) is 0.862. The SMILES string of the molecule is CCC(C)(C)C(=O)NCC(C)(C)c1cccc(Cl)c1. The highest BCUT2D eigenvalue weighted by Crippen LogP contribution is 2.26. The molecule has 0 aliphatic rings. The number of amides is 1. The number of benzene rings is 1. The van der Waals surface area contributed by atoms with Gasteiger partial charge in [-0.15, -0.1) is 0 Å². The Kier molecular flexibility index (Phi) is 5.03. The average molecular weight is 282 g/mol. The van der Waals surface area contributed by atoms with E-state index in [1.165, 1.54) is 0 Å². The van der Waals surface area contributed by atoms with E-state index in [0.29, 0.717) is 6.54 Å². The first-order valence-corrected chi connectivity index (χ1v) is 7.11. The van der Waals surface area contributed by atoms with Crippen LogP contribution in [-0.4, -0.2) is 12.5 Å². The van der Waals surface area contributed by atoms with Gasteiger partial charge in [-0.2, -0.15) is 0 Å². The molecule has 0 unspecified atom stereocenters. The van der Waals surface area contributed by atoms with Crippen molar-refractivity contribution in [2.45, 2.75) is 46.5 Å². The maximum absolute atomic E-state index is 12.1. The van der Waals surface area contributed by atoms with E-state index >= 15 is 0 Å². The van der Waals surface area contributed by atoms with Crippen LogP contribution in [0.1, 0.15) is 46.6 Å². The Labute approximate surface area is 121 Å². The highest BCUT2D eigenvalue weighted by atomic mass is 35.5. The van der Waals surface area contributed by atoms with Crippen molar-refractivity contribution in [2.75, 3.05) is 6.54 Å². The first kappa shape index (κ1) is 16.0. The molecule has 0 saturated carbocycles. The van der Waals surface area contributed by atoms with Gasteiger partial charge in [0.25, 0.3) is 0 Å². The van der Waals surface area contributed by atoms with Crippen molar-refractivity contribution in [1.29, 1.82) is 0 Å². The third-order valence-corrected chi connectivity index (χ3v) is 4.03. The normalized spacial score (nSPS) is 12.3. The van der Waals surface area contributed by atoms with E-state index in [1.807, 2.05) is 45.0 Å². The summed E-state index contributed by atoms with van der Waals surface area (Å²) in [5.41, 5.74) is 0.684. The van der Waals surface area contributed by atoms with Crippen LogP contribution in [0.25, 0.3) is 0 Å². The topological polar surface area (TPSA) is 29.1 Å². The number of hydrogen-bond donors (Lipinski definition) is 1. The van der Waals surface area contributed by atoms with Gasteiger partial charge in [0.15, 0.2) is 0 Å². The minimum Gasteiger partial charge on any atom is -0.355 e. The van der Waals surface area contributed by atoms with E-state index in [0.717, 1.165) is 17.0 Å². The van der Waals surface area contributed by atoms with Crippen LogP contribution in [0.4, 0.5) is 0 Å². The summed E-state index contributed by atoms with van der Waals surface area (Å²) in [6.07, 6.45) is 0.830. The molecular formula is C16H24ClNO. The van der Waals surface area contributed by atoms with E-state index in [1.54, 1.807) is 0 Å². The Hall–Kier alpha value is -1.02. The molecule has 1 N–H and O–H groups in total. The zero-order valence-electron chi connectivity index (χ0n) is 12.5. The molecule has 0 radical (unpaired) electrons. The molecule has 0 aliphatic carbocycles. The number of rotatable bonds is 5. The van der Waals surface area contributed by atoms with Crippen molar-refractivity contribution in [1.82, 2.24) is 5.32 Å². The maximum Gasteiger partial charge on any atom is 0.225 e. The van der Waals surface area contributed by atoms with Crippen LogP contribution in [0, 0.1) is 5.41 Å². The summed E-state index contributed by atoms with van der Waals surface area (Å²) in [6, 6.07) is 7.80. The van der Waals surface area contributed by atoms with Crippen LogP contribution in [0.3, 0.4) is 0 Å². The summed E-state index contributed by atoms with van der Waals surface area (Å²) < 4.78 is 0. The molecule has 2 nitrogen and oxygen atoms in total. The summed E-state index contributed by atoms with van der Waals surface area (Å²) in [6.45, 7) is 10.8. The first-order chi connectivity index (χ1) is 8.69. The molecule has 106 valence electrons. The van der Waals surface area contributed by atoms with Gasteiger partial charge in [-0.05, 0) is 24.1 Å². The number of halogens is 1. The van der Waals surface area contributed by atoms with Gasteiger partial charge in [-0.1, -0.05) is 58.4 Å². The molecule has 1 rings (SSSR count). The van der Waals surface area contributed by atoms with E-state index in [4.69, 9.17) is 11.6 Å². The molecule has 3 heteroatoms. The molecule has 1 aromatic carbocycles. The Morgan fingerprint density at radius 2 is 1.89 bits per heavy atom. The summed E-state index contributed by atoms with van der Waals surface area (Å²) in [4.78, 5) is 12.1. The van der Waals surface area contributed by atoms with E-state index in [2.05, 4.69) is 19.2 Å². The number of nitrogens with one attached hydrogen (secondary N) is 1. The van der Waals surface area contributed by atoms with Gasteiger partial charge in [0, 0.05) is 22.4 Å². The molecular weight excluding hydrogens is 258 g/mol. The standard InChI is InChI=1S/C16H24ClNO/c1-6-15(2,3)14(19)18-11-16(4,5)12-8-7-9-13(17)10-12/h7-10H,6,11H2,1-5H3,(H,18,19). The van der Waals surface area contributed by atoms with Gasteiger partial charge < -0.3 is 5.32 Å². The largest absolute Gasteiger partial charge is 0.355 e. The average Bonchev–Trinajstić information content (AvgIpc) is 2.36. The monoisotopic (exact) mass is 281 g/mol. The molecule has 0 aromatic heterocycles. The molecule has 1 aromatic rings. The molecule has 0 aliphatic heterocycles. The van der Waals surface area contributed by atoms with Crippen LogP contribution < -0.4 is 5.32 Å². The molecule has 0 saturated heterocycles. The van der Waals surface area contributed by atoms with Crippen LogP contribution in [0.15, 0.2) is 24.3 Å². The molecule has 19 heavy (non-hydrogen) atoms. The molecule has 0 spiro atoms. The third kappa shape index (κ3) is 4.24. The first-order valence-electron chi connectivity index (χ1n) is 6.73. The third-order valence-electron chi connectivity index (χ3n) is 3.80. The van der Waals surface area contributed by atoms with E-state index in [-0.39, 0.29) is 16.7 Å². The number of carbonyl (C=O) groups excluding carboxylic acids is 1.